The lowest BCUT2D eigenvalue weighted by Crippen LogP contribution is -2.23. The predicted molar refractivity (Wildman–Crippen MR) is 77.5 cm³/mol. The number of nitrogens with zero attached hydrogens (tertiary/aromatic N) is 3. The van der Waals surface area contributed by atoms with Gasteiger partial charge >= 0.3 is 0 Å². The van der Waals surface area contributed by atoms with E-state index in [-0.39, 0.29) is 0 Å². The van der Waals surface area contributed by atoms with Gasteiger partial charge in [-0.3, -0.25) is 4.40 Å². The topological polar surface area (TPSA) is 32.6 Å². The molecule has 0 spiro atoms. The molecule has 0 unspecified atom stereocenters. The van der Waals surface area contributed by atoms with Crippen LogP contribution in [0.3, 0.4) is 0 Å². The molecular formula is C11H18N4S2. The Morgan fingerprint density at radius 2 is 2.41 bits per heavy atom. The smallest absolute Gasteiger partial charge is 0.195 e. The van der Waals surface area contributed by atoms with Gasteiger partial charge in [-0.15, -0.1) is 11.3 Å². The Bertz CT molecular complexity index is 477. The number of hydrogen-bond acceptors (Lipinski definition) is 5. The lowest BCUT2D eigenvalue weighted by atomic mass is 10.4. The predicted octanol–water partition coefficient (Wildman–Crippen LogP) is 1.91. The van der Waals surface area contributed by atoms with Gasteiger partial charge in [-0.05, 0) is 13.3 Å². The third-order valence-corrected chi connectivity index (χ3v) is 4.02. The zero-order chi connectivity index (χ0) is 12.3. The lowest BCUT2D eigenvalue weighted by Gasteiger charge is -2.17. The summed E-state index contributed by atoms with van der Waals surface area (Å²) in [6.45, 7) is 1.87. The third kappa shape index (κ3) is 2.59. The lowest BCUT2D eigenvalue weighted by molar-refractivity contribution is 0.776. The van der Waals surface area contributed by atoms with E-state index in [1.165, 1.54) is 5.69 Å². The van der Waals surface area contributed by atoms with Gasteiger partial charge in [0.1, 0.15) is 0 Å². The molecule has 0 aliphatic heterocycles. The first-order valence-electron chi connectivity index (χ1n) is 5.57. The van der Waals surface area contributed by atoms with Gasteiger partial charge in [0, 0.05) is 37.5 Å². The van der Waals surface area contributed by atoms with Crippen molar-refractivity contribution in [3.8, 4) is 0 Å². The second-order valence-electron chi connectivity index (χ2n) is 3.88. The van der Waals surface area contributed by atoms with Crippen LogP contribution < -0.4 is 10.2 Å². The molecular weight excluding hydrogens is 252 g/mol. The highest BCUT2D eigenvalue weighted by atomic mass is 32.2. The quantitative estimate of drug-likeness (QED) is 0.869. The molecule has 0 fully saturated rings. The van der Waals surface area contributed by atoms with Crippen LogP contribution in [-0.2, 0) is 6.54 Å². The van der Waals surface area contributed by atoms with E-state index < -0.39 is 0 Å². The molecule has 0 aromatic carbocycles. The van der Waals surface area contributed by atoms with Crippen molar-refractivity contribution in [3.05, 3.63) is 17.3 Å². The van der Waals surface area contributed by atoms with Gasteiger partial charge < -0.3 is 10.2 Å². The number of fused-ring (bicyclic) bond motifs is 1. The maximum atomic E-state index is 4.70. The van der Waals surface area contributed by atoms with Gasteiger partial charge in [-0.2, -0.15) is 11.8 Å². The van der Waals surface area contributed by atoms with Crippen molar-refractivity contribution in [2.45, 2.75) is 6.54 Å². The molecule has 0 saturated carbocycles. The number of thiazole rings is 1. The second-order valence-corrected chi connectivity index (χ2v) is 5.74. The fourth-order valence-electron chi connectivity index (χ4n) is 1.79. The molecule has 2 rings (SSSR count). The molecule has 2 heterocycles. The second kappa shape index (κ2) is 5.75. The van der Waals surface area contributed by atoms with E-state index in [1.807, 2.05) is 18.8 Å². The van der Waals surface area contributed by atoms with Crippen molar-refractivity contribution in [1.29, 1.82) is 0 Å². The fraction of sp³-hybridized carbons (Fsp3) is 0.545. The number of anilines is 1. The molecule has 2 aromatic rings. The molecule has 0 saturated heterocycles. The highest BCUT2D eigenvalue weighted by Crippen LogP contribution is 2.23. The average Bonchev–Trinajstić information content (AvgIpc) is 2.89. The number of thioether (sulfide) groups is 1. The molecule has 1 N–H and O–H groups in total. The summed E-state index contributed by atoms with van der Waals surface area (Å²) in [7, 11) is 4.08. The van der Waals surface area contributed by atoms with Crippen LogP contribution in [0.15, 0.2) is 11.6 Å². The maximum Gasteiger partial charge on any atom is 0.195 e. The van der Waals surface area contributed by atoms with E-state index in [0.29, 0.717) is 0 Å². The molecule has 94 valence electrons. The Kier molecular flexibility index (Phi) is 4.31. The number of aromatic nitrogens is 2. The first kappa shape index (κ1) is 12.7. The van der Waals surface area contributed by atoms with Crippen LogP contribution in [0.5, 0.6) is 0 Å². The summed E-state index contributed by atoms with van der Waals surface area (Å²) in [5.74, 6) is 2.22. The Balaban J connectivity index is 2.30. The molecule has 0 aliphatic carbocycles. The molecule has 0 radical (unpaired) electrons. The first-order chi connectivity index (χ1) is 8.27. The van der Waals surface area contributed by atoms with Crippen molar-refractivity contribution in [1.82, 2.24) is 14.7 Å². The molecule has 6 heteroatoms. The van der Waals surface area contributed by atoms with Crippen LogP contribution in [0.25, 0.3) is 4.96 Å². The van der Waals surface area contributed by atoms with E-state index in [0.717, 1.165) is 29.6 Å². The summed E-state index contributed by atoms with van der Waals surface area (Å²) in [6.07, 6.45) is 4.22. The normalized spacial score (nSPS) is 11.2. The molecule has 0 atom stereocenters. The summed E-state index contributed by atoms with van der Waals surface area (Å²) in [5, 5.41) is 5.29. The van der Waals surface area contributed by atoms with Gasteiger partial charge in [0.25, 0.3) is 0 Å². The molecule has 4 nitrogen and oxygen atoms in total. The Hall–Kier alpha value is -0.720. The van der Waals surface area contributed by atoms with Crippen LogP contribution in [0.4, 0.5) is 5.82 Å². The van der Waals surface area contributed by atoms with Crippen LogP contribution in [0.1, 0.15) is 5.69 Å². The van der Waals surface area contributed by atoms with E-state index >= 15 is 0 Å². The summed E-state index contributed by atoms with van der Waals surface area (Å²) < 4.78 is 2.17. The first-order valence-corrected chi connectivity index (χ1v) is 7.84. The Morgan fingerprint density at radius 3 is 3.12 bits per heavy atom. The number of hydrogen-bond donors (Lipinski definition) is 1. The Morgan fingerprint density at radius 1 is 1.59 bits per heavy atom. The molecule has 0 bridgehead atoms. The SMILES string of the molecule is CNCc1c(N(C)CCSC)nc2sccn12. The number of nitrogens with one attached hydrogen (secondary N) is 1. The monoisotopic (exact) mass is 270 g/mol. The minimum atomic E-state index is 0.844. The molecule has 17 heavy (non-hydrogen) atoms. The van der Waals surface area contributed by atoms with Gasteiger partial charge in [0.05, 0.1) is 5.69 Å². The van der Waals surface area contributed by atoms with Crippen molar-refractivity contribution in [2.24, 2.45) is 0 Å². The van der Waals surface area contributed by atoms with Crippen molar-refractivity contribution in [3.63, 3.8) is 0 Å². The maximum absolute atomic E-state index is 4.70. The largest absolute Gasteiger partial charge is 0.357 e. The summed E-state index contributed by atoms with van der Waals surface area (Å²) in [4.78, 5) is 8.01. The zero-order valence-corrected chi connectivity index (χ0v) is 12.1. The number of imidazole rings is 1. The fourth-order valence-corrected chi connectivity index (χ4v) is 2.98. The number of rotatable bonds is 6. The average molecular weight is 270 g/mol. The minimum absolute atomic E-state index is 0.844. The van der Waals surface area contributed by atoms with E-state index in [4.69, 9.17) is 4.98 Å². The van der Waals surface area contributed by atoms with Crippen molar-refractivity contribution in [2.75, 3.05) is 37.5 Å². The highest BCUT2D eigenvalue weighted by molar-refractivity contribution is 7.98. The van der Waals surface area contributed by atoms with Crippen molar-refractivity contribution < 1.29 is 0 Å². The van der Waals surface area contributed by atoms with Gasteiger partial charge in [0.2, 0.25) is 0 Å². The summed E-state index contributed by atoms with van der Waals surface area (Å²) in [6, 6.07) is 0. The third-order valence-electron chi connectivity index (χ3n) is 2.68. The van der Waals surface area contributed by atoms with E-state index in [2.05, 4.69) is 39.5 Å². The van der Waals surface area contributed by atoms with Crippen LogP contribution in [0.2, 0.25) is 0 Å². The van der Waals surface area contributed by atoms with Gasteiger partial charge in [-0.25, -0.2) is 4.98 Å². The molecule has 0 amide bonds. The van der Waals surface area contributed by atoms with Crippen LogP contribution >= 0.6 is 23.1 Å². The van der Waals surface area contributed by atoms with Crippen LogP contribution in [-0.4, -0.2) is 42.0 Å². The van der Waals surface area contributed by atoms with E-state index in [1.54, 1.807) is 11.3 Å². The van der Waals surface area contributed by atoms with Crippen LogP contribution in [0, 0.1) is 0 Å². The van der Waals surface area contributed by atoms with Gasteiger partial charge in [-0.1, -0.05) is 0 Å². The Labute approximate surface area is 110 Å². The molecule has 0 aliphatic rings. The summed E-state index contributed by atoms with van der Waals surface area (Å²) in [5.41, 5.74) is 1.24. The van der Waals surface area contributed by atoms with E-state index in [9.17, 15) is 0 Å². The zero-order valence-electron chi connectivity index (χ0n) is 10.4. The molecule has 2 aromatic heterocycles. The highest BCUT2D eigenvalue weighted by Gasteiger charge is 2.15. The minimum Gasteiger partial charge on any atom is -0.357 e. The standard InChI is InChI=1S/C11H18N4S2/c1-12-8-9-10(14(2)4-6-16-3)13-11-15(9)5-7-17-11/h5,7,12H,4,6,8H2,1-3H3. The van der Waals surface area contributed by atoms with Gasteiger partial charge in [0.15, 0.2) is 10.8 Å². The van der Waals surface area contributed by atoms with Crippen molar-refractivity contribution >= 4 is 33.9 Å². The summed E-state index contributed by atoms with van der Waals surface area (Å²) >= 11 is 3.55.